The number of oxime groups is 1. The van der Waals surface area contributed by atoms with E-state index in [-0.39, 0.29) is 11.7 Å². The molecule has 0 aliphatic rings. The van der Waals surface area contributed by atoms with E-state index in [0.29, 0.717) is 25.1 Å². The lowest BCUT2D eigenvalue weighted by Crippen LogP contribution is -2.33. The first-order valence-electron chi connectivity index (χ1n) is 5.32. The molecule has 0 fully saturated rings. The molecule has 7 nitrogen and oxygen atoms in total. The third-order valence-electron chi connectivity index (χ3n) is 2.39. The topological polar surface area (TPSA) is 96.7 Å². The summed E-state index contributed by atoms with van der Waals surface area (Å²) in [5.74, 6) is 0.00813. The number of amides is 1. The van der Waals surface area contributed by atoms with E-state index in [1.54, 1.807) is 22.8 Å². The largest absolute Gasteiger partial charge is 0.409 e. The molecular formula is C10H17N5O2. The van der Waals surface area contributed by atoms with Crippen LogP contribution in [0.5, 0.6) is 0 Å². The van der Waals surface area contributed by atoms with Crippen molar-refractivity contribution in [1.29, 1.82) is 0 Å². The number of carbonyl (C=O) groups excluding carboxylic acids is 1. The van der Waals surface area contributed by atoms with Gasteiger partial charge in [-0.3, -0.25) is 9.48 Å². The van der Waals surface area contributed by atoms with Crippen LogP contribution in [-0.4, -0.2) is 44.7 Å². The Morgan fingerprint density at radius 1 is 1.71 bits per heavy atom. The summed E-state index contributed by atoms with van der Waals surface area (Å²) in [6, 6.07) is 0. The molecule has 0 bridgehead atoms. The minimum Gasteiger partial charge on any atom is -0.409 e. The van der Waals surface area contributed by atoms with Crippen LogP contribution < -0.4 is 5.73 Å². The van der Waals surface area contributed by atoms with Crippen molar-refractivity contribution >= 4 is 11.7 Å². The van der Waals surface area contributed by atoms with Gasteiger partial charge in [-0.25, -0.2) is 0 Å². The molecule has 0 saturated carbocycles. The molecule has 1 amide bonds. The molecule has 0 aliphatic carbocycles. The third-order valence-corrected chi connectivity index (χ3v) is 2.39. The normalized spacial score (nSPS) is 11.5. The van der Waals surface area contributed by atoms with Crippen molar-refractivity contribution in [2.75, 3.05) is 13.1 Å². The van der Waals surface area contributed by atoms with E-state index >= 15 is 0 Å². The maximum absolute atomic E-state index is 12.0. The Morgan fingerprint density at radius 3 is 2.88 bits per heavy atom. The zero-order valence-electron chi connectivity index (χ0n) is 10.00. The van der Waals surface area contributed by atoms with Gasteiger partial charge >= 0.3 is 0 Å². The molecule has 0 aliphatic heterocycles. The van der Waals surface area contributed by atoms with Gasteiger partial charge in [-0.2, -0.15) is 5.10 Å². The lowest BCUT2D eigenvalue weighted by atomic mass is 10.2. The van der Waals surface area contributed by atoms with Crippen LogP contribution in [0.2, 0.25) is 0 Å². The number of rotatable bonds is 5. The Labute approximate surface area is 99.5 Å². The lowest BCUT2D eigenvalue weighted by Gasteiger charge is -2.19. The minimum absolute atomic E-state index is 0.105. The fraction of sp³-hybridized carbons (Fsp3) is 0.500. The monoisotopic (exact) mass is 239 g/mol. The summed E-state index contributed by atoms with van der Waals surface area (Å²) in [6.45, 7) is 2.85. The molecular weight excluding hydrogens is 222 g/mol. The minimum atomic E-state index is -0.105. The Hall–Kier alpha value is -2.05. The summed E-state index contributed by atoms with van der Waals surface area (Å²) in [6.07, 6.45) is 3.53. The molecule has 0 radical (unpaired) electrons. The number of carbonyl (C=O) groups is 1. The number of hydrogen-bond acceptors (Lipinski definition) is 4. The van der Waals surface area contributed by atoms with Crippen molar-refractivity contribution in [3.8, 4) is 0 Å². The summed E-state index contributed by atoms with van der Waals surface area (Å²) in [5.41, 5.74) is 5.90. The fourth-order valence-electron chi connectivity index (χ4n) is 1.42. The highest BCUT2D eigenvalue weighted by molar-refractivity contribution is 5.94. The Bertz CT molecular complexity index is 413. The summed E-state index contributed by atoms with van der Waals surface area (Å²) < 4.78 is 1.57. The van der Waals surface area contributed by atoms with E-state index in [1.165, 1.54) is 6.20 Å². The van der Waals surface area contributed by atoms with Gasteiger partial charge < -0.3 is 15.8 Å². The average molecular weight is 239 g/mol. The van der Waals surface area contributed by atoms with Crippen LogP contribution in [0.3, 0.4) is 0 Å². The van der Waals surface area contributed by atoms with Crippen molar-refractivity contribution in [2.24, 2.45) is 17.9 Å². The molecule has 1 heterocycles. The molecule has 3 N–H and O–H groups in total. The summed E-state index contributed by atoms with van der Waals surface area (Å²) in [5, 5.41) is 15.2. The highest BCUT2D eigenvalue weighted by Gasteiger charge is 2.15. The van der Waals surface area contributed by atoms with Gasteiger partial charge in [0, 0.05) is 32.8 Å². The van der Waals surface area contributed by atoms with E-state index in [0.717, 1.165) is 0 Å². The van der Waals surface area contributed by atoms with Gasteiger partial charge in [-0.05, 0) is 6.92 Å². The van der Waals surface area contributed by atoms with Crippen LogP contribution in [-0.2, 0) is 7.05 Å². The summed E-state index contributed by atoms with van der Waals surface area (Å²) in [4.78, 5) is 13.6. The Kier molecular flexibility index (Phi) is 4.50. The van der Waals surface area contributed by atoms with E-state index in [9.17, 15) is 4.79 Å². The second kappa shape index (κ2) is 5.88. The maximum Gasteiger partial charge on any atom is 0.257 e. The Morgan fingerprint density at radius 2 is 2.41 bits per heavy atom. The molecule has 1 rings (SSSR count). The molecule has 1 aromatic rings. The average Bonchev–Trinajstić information content (AvgIpc) is 2.76. The van der Waals surface area contributed by atoms with Crippen molar-refractivity contribution in [1.82, 2.24) is 14.7 Å². The smallest absolute Gasteiger partial charge is 0.257 e. The molecule has 94 valence electrons. The van der Waals surface area contributed by atoms with Crippen molar-refractivity contribution in [2.45, 2.75) is 13.3 Å². The standard InChI is InChI=1S/C10H17N5O2/c1-3-15(5-4-9(11)13-17)10(16)8-6-12-14(2)7-8/h6-7,17H,3-5H2,1-2H3,(H2,11,13). The van der Waals surface area contributed by atoms with Gasteiger partial charge in [-0.1, -0.05) is 5.16 Å². The number of aromatic nitrogens is 2. The molecule has 1 aromatic heterocycles. The van der Waals surface area contributed by atoms with E-state index in [4.69, 9.17) is 10.9 Å². The summed E-state index contributed by atoms with van der Waals surface area (Å²) >= 11 is 0. The lowest BCUT2D eigenvalue weighted by molar-refractivity contribution is 0.0768. The second-order valence-electron chi connectivity index (χ2n) is 3.63. The number of nitrogens with two attached hydrogens (primary N) is 1. The molecule has 0 atom stereocenters. The number of aryl methyl sites for hydroxylation is 1. The fourth-order valence-corrected chi connectivity index (χ4v) is 1.42. The van der Waals surface area contributed by atoms with Crippen molar-refractivity contribution < 1.29 is 10.0 Å². The van der Waals surface area contributed by atoms with E-state index in [1.807, 2.05) is 6.92 Å². The molecule has 0 saturated heterocycles. The molecule has 17 heavy (non-hydrogen) atoms. The Balaban J connectivity index is 2.64. The van der Waals surface area contributed by atoms with Gasteiger partial charge in [0.25, 0.3) is 5.91 Å². The van der Waals surface area contributed by atoms with Gasteiger partial charge in [0.2, 0.25) is 0 Å². The van der Waals surface area contributed by atoms with E-state index < -0.39 is 0 Å². The zero-order chi connectivity index (χ0) is 12.8. The molecule has 7 heteroatoms. The first-order chi connectivity index (χ1) is 8.08. The molecule has 0 unspecified atom stereocenters. The summed E-state index contributed by atoms with van der Waals surface area (Å²) in [7, 11) is 1.75. The van der Waals surface area contributed by atoms with Crippen LogP contribution in [0, 0.1) is 0 Å². The first-order valence-corrected chi connectivity index (χ1v) is 5.32. The van der Waals surface area contributed by atoms with Gasteiger partial charge in [-0.15, -0.1) is 0 Å². The van der Waals surface area contributed by atoms with Crippen LogP contribution in [0.25, 0.3) is 0 Å². The number of amidine groups is 1. The number of hydrogen-bond donors (Lipinski definition) is 2. The second-order valence-corrected chi connectivity index (χ2v) is 3.63. The van der Waals surface area contributed by atoms with Gasteiger partial charge in [0.1, 0.15) is 5.84 Å². The van der Waals surface area contributed by atoms with E-state index in [2.05, 4.69) is 10.3 Å². The highest BCUT2D eigenvalue weighted by Crippen LogP contribution is 2.04. The van der Waals surface area contributed by atoms with Gasteiger partial charge in [0.05, 0.1) is 11.8 Å². The van der Waals surface area contributed by atoms with Crippen molar-refractivity contribution in [3.05, 3.63) is 18.0 Å². The SMILES string of the molecule is CCN(CC/C(N)=N/O)C(=O)c1cnn(C)c1. The molecule has 0 aromatic carbocycles. The third kappa shape index (κ3) is 3.47. The van der Waals surface area contributed by atoms with Crippen LogP contribution in [0.15, 0.2) is 17.5 Å². The maximum atomic E-state index is 12.0. The van der Waals surface area contributed by atoms with Crippen LogP contribution in [0.4, 0.5) is 0 Å². The first kappa shape index (κ1) is 13.0. The highest BCUT2D eigenvalue weighted by atomic mass is 16.4. The predicted octanol–water partition coefficient (Wildman–Crippen LogP) is 0.0187. The predicted molar refractivity (Wildman–Crippen MR) is 62.8 cm³/mol. The quantitative estimate of drug-likeness (QED) is 0.327. The van der Waals surface area contributed by atoms with Crippen LogP contribution >= 0.6 is 0 Å². The number of nitrogens with zero attached hydrogens (tertiary/aromatic N) is 4. The molecule has 0 spiro atoms. The van der Waals surface area contributed by atoms with Crippen molar-refractivity contribution in [3.63, 3.8) is 0 Å². The van der Waals surface area contributed by atoms with Gasteiger partial charge in [0.15, 0.2) is 0 Å². The van der Waals surface area contributed by atoms with Crippen LogP contribution in [0.1, 0.15) is 23.7 Å². The zero-order valence-corrected chi connectivity index (χ0v) is 10.00.